The van der Waals surface area contributed by atoms with E-state index in [2.05, 4.69) is 12.6 Å². The Morgan fingerprint density at radius 3 is 1.00 bits per heavy atom. The maximum absolute atomic E-state index is 9.29. The third-order valence-corrected chi connectivity index (χ3v) is 1.88. The van der Waals surface area contributed by atoms with Gasteiger partial charge in [-0.15, -0.1) is 0 Å². The summed E-state index contributed by atoms with van der Waals surface area (Å²) < 4.78 is 0. The van der Waals surface area contributed by atoms with Crippen LogP contribution in [0, 0.1) is 5.41 Å². The average molecular weight is 304 g/mol. The molecule has 0 unspecified atom stereocenters. The monoisotopic (exact) mass is 304 g/mol. The second-order valence-electron chi connectivity index (χ2n) is 3.24. The number of carboxylic acid groups (broad SMARTS) is 2. The molecule has 0 bridgehead atoms. The lowest BCUT2D eigenvalue weighted by Gasteiger charge is -2.23. The molecule has 9 nitrogen and oxygen atoms in total. The van der Waals surface area contributed by atoms with Crippen molar-refractivity contribution in [3.8, 4) is 0 Å². The van der Waals surface area contributed by atoms with Gasteiger partial charge in [-0.1, -0.05) is 0 Å². The number of carbonyl (C=O) groups is 2. The Hall–Kier alpha value is -0.910. The smallest absolute Gasteiger partial charge is 0.329 e. The summed E-state index contributed by atoms with van der Waals surface area (Å²) in [6.45, 7) is -2.40. The SMILES string of the molecule is O=C(O)CO.O=C(O)CS.OCC(CO)(CO)CO. The van der Waals surface area contributed by atoms with Crippen molar-refractivity contribution in [3.63, 3.8) is 0 Å². The summed E-state index contributed by atoms with van der Waals surface area (Å²) in [6, 6.07) is 0. The Morgan fingerprint density at radius 1 is 0.789 bits per heavy atom. The Kier molecular flexibility index (Phi) is 18.5. The molecule has 0 amide bonds. The fourth-order valence-electron chi connectivity index (χ4n) is 0.300. The van der Waals surface area contributed by atoms with Crippen molar-refractivity contribution in [2.75, 3.05) is 38.8 Å². The maximum Gasteiger partial charge on any atom is 0.329 e. The normalized spacial score (nSPS) is 9.58. The van der Waals surface area contributed by atoms with E-state index in [1.165, 1.54) is 0 Å². The zero-order valence-electron chi connectivity index (χ0n) is 10.1. The molecule has 0 aliphatic carbocycles. The van der Waals surface area contributed by atoms with E-state index in [4.69, 9.17) is 40.5 Å². The van der Waals surface area contributed by atoms with Crippen LogP contribution < -0.4 is 0 Å². The van der Waals surface area contributed by atoms with Gasteiger partial charge in [0.1, 0.15) is 6.61 Å². The van der Waals surface area contributed by atoms with E-state index in [0.29, 0.717) is 0 Å². The van der Waals surface area contributed by atoms with Crippen molar-refractivity contribution in [1.82, 2.24) is 0 Å². The number of aliphatic hydroxyl groups excluding tert-OH is 5. The average Bonchev–Trinajstić information content (AvgIpc) is 2.43. The first-order valence-electron chi connectivity index (χ1n) is 4.87. The van der Waals surface area contributed by atoms with Crippen LogP contribution in [0.1, 0.15) is 0 Å². The van der Waals surface area contributed by atoms with E-state index in [-0.39, 0.29) is 5.75 Å². The molecule has 0 atom stereocenters. The van der Waals surface area contributed by atoms with Crippen LogP contribution in [0.15, 0.2) is 0 Å². The van der Waals surface area contributed by atoms with Gasteiger partial charge in [-0.3, -0.25) is 4.79 Å². The molecule has 0 spiro atoms. The third-order valence-electron chi connectivity index (χ3n) is 1.61. The summed E-state index contributed by atoms with van der Waals surface area (Å²) in [4.78, 5) is 18.4. The molecular weight excluding hydrogens is 284 g/mol. The molecule has 116 valence electrons. The molecule has 0 rings (SSSR count). The number of hydrogen-bond donors (Lipinski definition) is 8. The lowest BCUT2D eigenvalue weighted by atomic mass is 9.93. The van der Waals surface area contributed by atoms with Gasteiger partial charge >= 0.3 is 11.9 Å². The summed E-state index contributed by atoms with van der Waals surface area (Å²) in [5, 5.41) is 56.6. The summed E-state index contributed by atoms with van der Waals surface area (Å²) in [6.07, 6.45) is 0. The fourth-order valence-corrected chi connectivity index (χ4v) is 0.300. The molecule has 10 heteroatoms. The Morgan fingerprint density at radius 2 is 1.00 bits per heavy atom. The number of thiol groups is 1. The summed E-state index contributed by atoms with van der Waals surface area (Å²) >= 11 is 3.42. The molecule has 0 saturated heterocycles. The van der Waals surface area contributed by atoms with Crippen molar-refractivity contribution in [3.05, 3.63) is 0 Å². The molecule has 0 fully saturated rings. The van der Waals surface area contributed by atoms with Gasteiger partial charge in [-0.05, 0) is 0 Å². The van der Waals surface area contributed by atoms with Crippen LogP contribution in [0.4, 0.5) is 0 Å². The molecule has 0 heterocycles. The van der Waals surface area contributed by atoms with E-state index < -0.39 is 50.4 Å². The summed E-state index contributed by atoms with van der Waals surface area (Å²) in [5.74, 6) is -2.15. The highest BCUT2D eigenvalue weighted by Crippen LogP contribution is 2.11. The number of rotatable bonds is 6. The Balaban J connectivity index is -0.000000219. The highest BCUT2D eigenvalue weighted by Gasteiger charge is 2.26. The topological polar surface area (TPSA) is 176 Å². The van der Waals surface area contributed by atoms with Crippen LogP contribution in [-0.4, -0.2) is 86.5 Å². The van der Waals surface area contributed by atoms with Crippen LogP contribution >= 0.6 is 12.6 Å². The first kappa shape index (κ1) is 23.2. The molecule has 0 aromatic heterocycles. The predicted molar refractivity (Wildman–Crippen MR) is 67.0 cm³/mol. The third kappa shape index (κ3) is 17.1. The second kappa shape index (κ2) is 15.1. The molecule has 19 heavy (non-hydrogen) atoms. The molecule has 0 radical (unpaired) electrons. The second-order valence-corrected chi connectivity index (χ2v) is 3.55. The Bertz CT molecular complexity index is 198. The molecular formula is C9H20O9S. The molecule has 0 aromatic rings. The molecule has 7 N–H and O–H groups in total. The molecule has 0 aromatic carbocycles. The van der Waals surface area contributed by atoms with Crippen LogP contribution in [-0.2, 0) is 9.59 Å². The van der Waals surface area contributed by atoms with Crippen molar-refractivity contribution in [2.24, 2.45) is 5.41 Å². The first-order chi connectivity index (χ1) is 8.78. The van der Waals surface area contributed by atoms with Gasteiger partial charge < -0.3 is 35.7 Å². The van der Waals surface area contributed by atoms with E-state index in [1.54, 1.807) is 0 Å². The zero-order valence-corrected chi connectivity index (χ0v) is 11.0. The van der Waals surface area contributed by atoms with Gasteiger partial charge in [0.05, 0.1) is 37.6 Å². The van der Waals surface area contributed by atoms with Crippen LogP contribution in [0.2, 0.25) is 0 Å². The maximum atomic E-state index is 9.29. The number of aliphatic carboxylic acids is 2. The minimum atomic E-state index is -1.19. The predicted octanol–water partition coefficient (Wildman–Crippen LogP) is -2.99. The van der Waals surface area contributed by atoms with E-state index >= 15 is 0 Å². The number of hydrogen-bond acceptors (Lipinski definition) is 8. The summed E-state index contributed by atoms with van der Waals surface area (Å²) in [7, 11) is 0. The van der Waals surface area contributed by atoms with Crippen LogP contribution in [0.25, 0.3) is 0 Å². The highest BCUT2D eigenvalue weighted by atomic mass is 32.1. The highest BCUT2D eigenvalue weighted by molar-refractivity contribution is 7.81. The van der Waals surface area contributed by atoms with Crippen LogP contribution in [0.3, 0.4) is 0 Å². The lowest BCUT2D eigenvalue weighted by Crippen LogP contribution is -2.37. The number of carboxylic acids is 2. The molecule has 0 aliphatic heterocycles. The molecule has 0 aliphatic rings. The van der Waals surface area contributed by atoms with Gasteiger partial charge in [0.2, 0.25) is 0 Å². The quantitative estimate of drug-likeness (QED) is 0.238. The van der Waals surface area contributed by atoms with Gasteiger partial charge in [0, 0.05) is 0 Å². The molecule has 0 saturated carbocycles. The van der Waals surface area contributed by atoms with Gasteiger partial charge in [0.15, 0.2) is 0 Å². The lowest BCUT2D eigenvalue weighted by molar-refractivity contribution is -0.140. The van der Waals surface area contributed by atoms with Gasteiger partial charge in [0.25, 0.3) is 0 Å². The van der Waals surface area contributed by atoms with Crippen LogP contribution in [0.5, 0.6) is 0 Å². The minimum absolute atomic E-state index is 0.0833. The fraction of sp³-hybridized carbons (Fsp3) is 0.778. The zero-order chi connectivity index (χ0) is 15.9. The first-order valence-corrected chi connectivity index (χ1v) is 5.51. The minimum Gasteiger partial charge on any atom is -0.481 e. The van der Waals surface area contributed by atoms with E-state index in [1.807, 2.05) is 0 Å². The van der Waals surface area contributed by atoms with Gasteiger partial charge in [-0.25, -0.2) is 4.79 Å². The van der Waals surface area contributed by atoms with Crippen molar-refractivity contribution in [1.29, 1.82) is 0 Å². The largest absolute Gasteiger partial charge is 0.481 e. The summed E-state index contributed by atoms with van der Waals surface area (Å²) in [5.41, 5.74) is -1.11. The van der Waals surface area contributed by atoms with Crippen molar-refractivity contribution in [2.45, 2.75) is 0 Å². The van der Waals surface area contributed by atoms with Crippen molar-refractivity contribution < 1.29 is 45.3 Å². The Labute approximate surface area is 115 Å². The number of aliphatic hydroxyl groups is 5. The standard InChI is InChI=1S/C5H12O4.C2H4O3.C2H4O2S/c6-1-5(2-7,3-8)4-9;3-1-2(4)5;3-2(4)1-5/h6-9H,1-4H2;3H,1H2,(H,4,5);5H,1H2,(H,3,4). The van der Waals surface area contributed by atoms with Crippen molar-refractivity contribution >= 4 is 24.6 Å². The van der Waals surface area contributed by atoms with E-state index in [0.717, 1.165) is 0 Å². The van der Waals surface area contributed by atoms with Gasteiger partial charge in [-0.2, -0.15) is 12.6 Å². The van der Waals surface area contributed by atoms with E-state index in [9.17, 15) is 4.79 Å².